The predicted molar refractivity (Wildman–Crippen MR) is 61.2 cm³/mol. The van der Waals surface area contributed by atoms with E-state index in [0.717, 1.165) is 0 Å². The van der Waals surface area contributed by atoms with Gasteiger partial charge in [0.05, 0.1) is 16.5 Å². The summed E-state index contributed by atoms with van der Waals surface area (Å²) in [4.78, 5) is 33.8. The van der Waals surface area contributed by atoms with Gasteiger partial charge in [0.1, 0.15) is 0 Å². The second-order valence-electron chi connectivity index (χ2n) is 4.02. The first kappa shape index (κ1) is 12.0. The molecular weight excluding hydrogens is 240 g/mol. The summed E-state index contributed by atoms with van der Waals surface area (Å²) in [6, 6.07) is 5.60. The summed E-state index contributed by atoms with van der Waals surface area (Å²) in [6.07, 6.45) is -0.0714. The average Bonchev–Trinajstić information content (AvgIpc) is 2.72. The average molecular weight is 250 g/mol. The van der Waals surface area contributed by atoms with Crippen molar-refractivity contribution in [3.63, 3.8) is 0 Å². The van der Waals surface area contributed by atoms with Crippen LogP contribution >= 0.6 is 0 Å². The zero-order valence-corrected chi connectivity index (χ0v) is 9.28. The molecule has 0 saturated carbocycles. The molecule has 1 atom stereocenters. The smallest absolute Gasteiger partial charge is 0.308 e. The van der Waals surface area contributed by atoms with Gasteiger partial charge in [-0.2, -0.15) is 0 Å². The van der Waals surface area contributed by atoms with E-state index in [2.05, 4.69) is 0 Å². The maximum atomic E-state index is 11.7. The van der Waals surface area contributed by atoms with Crippen LogP contribution in [0.5, 0.6) is 0 Å². The van der Waals surface area contributed by atoms with Crippen molar-refractivity contribution in [2.45, 2.75) is 6.42 Å². The van der Waals surface area contributed by atoms with Crippen molar-refractivity contribution in [1.82, 2.24) is 0 Å². The molecule has 2 rings (SSSR count). The molecule has 0 spiro atoms. The van der Waals surface area contributed by atoms with E-state index in [1.165, 1.54) is 23.1 Å². The predicted octanol–water partition coefficient (Wildman–Crippen LogP) is 1.03. The lowest BCUT2D eigenvalue weighted by atomic mass is 10.1. The summed E-state index contributed by atoms with van der Waals surface area (Å²) in [5.74, 6) is -2.11. The van der Waals surface area contributed by atoms with E-state index in [4.69, 9.17) is 5.11 Å². The zero-order valence-electron chi connectivity index (χ0n) is 9.28. The SMILES string of the molecule is O=C(O)C1CC(=O)N(c2cccc([N+](=O)[O-])c2)C1. The zero-order chi connectivity index (χ0) is 13.3. The number of aliphatic carboxylic acids is 1. The third-order valence-electron chi connectivity index (χ3n) is 2.83. The molecule has 18 heavy (non-hydrogen) atoms. The maximum absolute atomic E-state index is 11.7. The Morgan fingerprint density at radius 1 is 1.50 bits per heavy atom. The summed E-state index contributed by atoms with van der Waals surface area (Å²) < 4.78 is 0. The fraction of sp³-hybridized carbons (Fsp3) is 0.273. The Labute approximate surface area is 102 Å². The molecule has 0 bridgehead atoms. The van der Waals surface area contributed by atoms with Crippen molar-refractivity contribution < 1.29 is 19.6 Å². The number of anilines is 1. The van der Waals surface area contributed by atoms with Gasteiger partial charge in [0.2, 0.25) is 5.91 Å². The Morgan fingerprint density at radius 2 is 2.22 bits per heavy atom. The molecule has 1 heterocycles. The Morgan fingerprint density at radius 3 is 2.78 bits per heavy atom. The number of nitro groups is 1. The van der Waals surface area contributed by atoms with Crippen molar-refractivity contribution in [2.75, 3.05) is 11.4 Å². The van der Waals surface area contributed by atoms with Crippen LogP contribution in [0.25, 0.3) is 0 Å². The van der Waals surface area contributed by atoms with Crippen LogP contribution in [-0.2, 0) is 9.59 Å². The molecule has 7 heteroatoms. The van der Waals surface area contributed by atoms with E-state index in [9.17, 15) is 19.7 Å². The summed E-state index contributed by atoms with van der Waals surface area (Å²) in [6.45, 7) is 0.0509. The molecule has 1 fully saturated rings. The first-order valence-electron chi connectivity index (χ1n) is 5.26. The minimum atomic E-state index is -1.03. The van der Waals surface area contributed by atoms with E-state index in [-0.39, 0.29) is 24.6 Å². The topological polar surface area (TPSA) is 101 Å². The lowest BCUT2D eigenvalue weighted by molar-refractivity contribution is -0.384. The van der Waals surface area contributed by atoms with E-state index < -0.39 is 16.8 Å². The Kier molecular flexibility index (Phi) is 2.97. The molecular formula is C11H10N2O5. The van der Waals surface area contributed by atoms with Gasteiger partial charge in [0, 0.05) is 25.1 Å². The van der Waals surface area contributed by atoms with Crippen LogP contribution in [-0.4, -0.2) is 28.5 Å². The third kappa shape index (κ3) is 2.15. The molecule has 1 amide bonds. The summed E-state index contributed by atoms with van der Waals surface area (Å²) in [5, 5.41) is 19.5. The Hall–Kier alpha value is -2.44. The highest BCUT2D eigenvalue weighted by molar-refractivity contribution is 5.99. The van der Waals surface area contributed by atoms with E-state index in [1.807, 2.05) is 0 Å². The van der Waals surface area contributed by atoms with Gasteiger partial charge < -0.3 is 10.0 Å². The van der Waals surface area contributed by atoms with Crippen molar-refractivity contribution in [1.29, 1.82) is 0 Å². The normalized spacial score (nSPS) is 19.0. The molecule has 1 aromatic rings. The van der Waals surface area contributed by atoms with Crippen LogP contribution in [0.3, 0.4) is 0 Å². The second-order valence-corrected chi connectivity index (χ2v) is 4.02. The molecule has 1 saturated heterocycles. The molecule has 7 nitrogen and oxygen atoms in total. The quantitative estimate of drug-likeness (QED) is 0.637. The number of carbonyl (C=O) groups is 2. The number of rotatable bonds is 3. The van der Waals surface area contributed by atoms with Crippen LogP contribution in [0, 0.1) is 16.0 Å². The first-order valence-corrected chi connectivity index (χ1v) is 5.26. The Balaban J connectivity index is 2.27. The van der Waals surface area contributed by atoms with E-state index in [1.54, 1.807) is 6.07 Å². The number of nitrogens with zero attached hydrogens (tertiary/aromatic N) is 2. The molecule has 94 valence electrons. The molecule has 1 N–H and O–H groups in total. The number of carboxylic acid groups (broad SMARTS) is 1. The van der Waals surface area contributed by atoms with Crippen molar-refractivity contribution in [3.05, 3.63) is 34.4 Å². The minimum absolute atomic E-state index is 0.0509. The van der Waals surface area contributed by atoms with Gasteiger partial charge in [-0.25, -0.2) is 0 Å². The lowest BCUT2D eigenvalue weighted by Crippen LogP contribution is -2.25. The van der Waals surface area contributed by atoms with Gasteiger partial charge >= 0.3 is 5.97 Å². The number of hydrogen-bond acceptors (Lipinski definition) is 4. The number of carbonyl (C=O) groups excluding carboxylic acids is 1. The third-order valence-corrected chi connectivity index (χ3v) is 2.83. The van der Waals surface area contributed by atoms with Gasteiger partial charge in [0.15, 0.2) is 0 Å². The van der Waals surface area contributed by atoms with E-state index in [0.29, 0.717) is 5.69 Å². The van der Waals surface area contributed by atoms with Crippen LogP contribution in [0.4, 0.5) is 11.4 Å². The molecule has 1 aliphatic rings. The van der Waals surface area contributed by atoms with Gasteiger partial charge in [-0.3, -0.25) is 19.7 Å². The summed E-state index contributed by atoms with van der Waals surface area (Å²) in [5.41, 5.74) is 0.233. The second kappa shape index (κ2) is 4.44. The largest absolute Gasteiger partial charge is 0.481 e. The number of nitro benzene ring substituents is 1. The highest BCUT2D eigenvalue weighted by atomic mass is 16.6. The van der Waals surface area contributed by atoms with Gasteiger partial charge in [0.25, 0.3) is 5.69 Å². The number of carboxylic acids is 1. The molecule has 1 aromatic carbocycles. The van der Waals surface area contributed by atoms with Gasteiger partial charge in [-0.05, 0) is 6.07 Å². The van der Waals surface area contributed by atoms with Gasteiger partial charge in [-0.15, -0.1) is 0 Å². The first-order chi connectivity index (χ1) is 8.49. The highest BCUT2D eigenvalue weighted by Crippen LogP contribution is 2.27. The number of hydrogen-bond donors (Lipinski definition) is 1. The maximum Gasteiger partial charge on any atom is 0.308 e. The van der Waals surface area contributed by atoms with Crippen LogP contribution < -0.4 is 4.90 Å². The fourth-order valence-electron chi connectivity index (χ4n) is 1.90. The molecule has 1 aliphatic heterocycles. The molecule has 0 aliphatic carbocycles. The number of amides is 1. The van der Waals surface area contributed by atoms with E-state index >= 15 is 0 Å². The molecule has 1 unspecified atom stereocenters. The molecule has 0 radical (unpaired) electrons. The van der Waals surface area contributed by atoms with Gasteiger partial charge in [-0.1, -0.05) is 6.07 Å². The summed E-state index contributed by atoms with van der Waals surface area (Å²) in [7, 11) is 0. The Bertz CT molecular complexity index is 528. The fourth-order valence-corrected chi connectivity index (χ4v) is 1.90. The van der Waals surface area contributed by atoms with Crippen molar-refractivity contribution in [3.8, 4) is 0 Å². The molecule has 0 aromatic heterocycles. The number of non-ortho nitro benzene ring substituents is 1. The van der Waals surface area contributed by atoms with Crippen LogP contribution in [0.2, 0.25) is 0 Å². The monoisotopic (exact) mass is 250 g/mol. The standard InChI is InChI=1S/C11H10N2O5/c14-10-4-7(11(15)16)6-12(10)8-2-1-3-9(5-8)13(17)18/h1-3,5,7H,4,6H2,(H,15,16). The minimum Gasteiger partial charge on any atom is -0.481 e. The van der Waals surface area contributed by atoms with Crippen LogP contribution in [0.1, 0.15) is 6.42 Å². The number of benzene rings is 1. The van der Waals surface area contributed by atoms with Crippen molar-refractivity contribution in [2.24, 2.45) is 5.92 Å². The summed E-state index contributed by atoms with van der Waals surface area (Å²) >= 11 is 0. The lowest BCUT2D eigenvalue weighted by Gasteiger charge is -2.15. The van der Waals surface area contributed by atoms with Crippen LogP contribution in [0.15, 0.2) is 24.3 Å². The van der Waals surface area contributed by atoms with Crippen molar-refractivity contribution >= 4 is 23.3 Å². The highest BCUT2D eigenvalue weighted by Gasteiger charge is 2.35.